The van der Waals surface area contributed by atoms with Crippen molar-refractivity contribution >= 4 is 43.5 Å². The highest BCUT2D eigenvalue weighted by atomic mass is 79.9. The molecule has 5 heteroatoms. The molecule has 1 atom stereocenters. The molecule has 1 aromatic rings. The van der Waals surface area contributed by atoms with Crippen LogP contribution in [-0.2, 0) is 4.79 Å². The Hall–Kier alpha value is -0.860. The van der Waals surface area contributed by atoms with Crippen LogP contribution in [0.3, 0.4) is 0 Å². The zero-order valence-corrected chi connectivity index (χ0v) is 12.7. The van der Waals surface area contributed by atoms with Gasteiger partial charge in [0.1, 0.15) is 6.07 Å². The van der Waals surface area contributed by atoms with E-state index < -0.39 is 0 Å². The molecule has 0 saturated heterocycles. The highest BCUT2D eigenvalue weighted by molar-refractivity contribution is 9.10. The standard InChI is InChI=1S/C12H12Br2N2O/c1-7(2)11(14)12(17)16-10-4-3-9(13)5-8(10)6-15/h3-5,7,11H,1-2H3,(H,16,17). The van der Waals surface area contributed by atoms with Crippen molar-refractivity contribution in [2.75, 3.05) is 5.32 Å². The highest BCUT2D eigenvalue weighted by Crippen LogP contribution is 2.22. The topological polar surface area (TPSA) is 52.9 Å². The molecule has 0 saturated carbocycles. The lowest BCUT2D eigenvalue weighted by atomic mass is 10.1. The molecule has 1 rings (SSSR count). The summed E-state index contributed by atoms with van der Waals surface area (Å²) < 4.78 is 0.811. The van der Waals surface area contributed by atoms with Crippen LogP contribution in [0.15, 0.2) is 22.7 Å². The number of nitrogens with zero attached hydrogens (tertiary/aromatic N) is 1. The number of hydrogen-bond acceptors (Lipinski definition) is 2. The van der Waals surface area contributed by atoms with E-state index in [1.807, 2.05) is 19.9 Å². The van der Waals surface area contributed by atoms with E-state index in [0.717, 1.165) is 4.47 Å². The number of carbonyl (C=O) groups excluding carboxylic acids is 1. The van der Waals surface area contributed by atoms with Gasteiger partial charge in [-0.1, -0.05) is 45.7 Å². The predicted octanol–water partition coefficient (Wildman–Crippen LogP) is 3.68. The number of nitriles is 1. The van der Waals surface area contributed by atoms with Crippen LogP contribution in [0.2, 0.25) is 0 Å². The van der Waals surface area contributed by atoms with Crippen LogP contribution in [0.5, 0.6) is 0 Å². The number of nitrogens with one attached hydrogen (secondary N) is 1. The summed E-state index contributed by atoms with van der Waals surface area (Å²) >= 11 is 6.60. The Balaban J connectivity index is 2.89. The molecule has 0 aliphatic rings. The van der Waals surface area contributed by atoms with E-state index in [4.69, 9.17) is 5.26 Å². The molecule has 0 heterocycles. The van der Waals surface area contributed by atoms with Crippen molar-refractivity contribution in [3.63, 3.8) is 0 Å². The third-order valence-corrected chi connectivity index (χ3v) is 4.16. The fourth-order valence-corrected chi connectivity index (χ4v) is 1.70. The van der Waals surface area contributed by atoms with Gasteiger partial charge in [0.05, 0.1) is 16.1 Å². The van der Waals surface area contributed by atoms with Crippen molar-refractivity contribution in [3.8, 4) is 6.07 Å². The first-order valence-electron chi connectivity index (χ1n) is 5.10. The van der Waals surface area contributed by atoms with Crippen LogP contribution in [-0.4, -0.2) is 10.7 Å². The summed E-state index contributed by atoms with van der Waals surface area (Å²) in [7, 11) is 0. The molecular formula is C12H12Br2N2O. The van der Waals surface area contributed by atoms with Gasteiger partial charge in [0.25, 0.3) is 0 Å². The molecular weight excluding hydrogens is 348 g/mol. The molecule has 0 fully saturated rings. The smallest absolute Gasteiger partial charge is 0.238 e. The minimum absolute atomic E-state index is 0.140. The van der Waals surface area contributed by atoms with Gasteiger partial charge >= 0.3 is 0 Å². The first kappa shape index (κ1) is 14.2. The largest absolute Gasteiger partial charge is 0.324 e. The summed E-state index contributed by atoms with van der Waals surface area (Å²) in [5.41, 5.74) is 0.974. The quantitative estimate of drug-likeness (QED) is 0.837. The van der Waals surface area contributed by atoms with Gasteiger partial charge in [0.2, 0.25) is 5.91 Å². The zero-order valence-electron chi connectivity index (χ0n) is 9.50. The van der Waals surface area contributed by atoms with Crippen LogP contribution in [0.25, 0.3) is 0 Å². The maximum atomic E-state index is 11.8. The molecule has 1 unspecified atom stereocenters. The van der Waals surface area contributed by atoms with E-state index in [9.17, 15) is 4.79 Å². The molecule has 0 spiro atoms. The van der Waals surface area contributed by atoms with Crippen LogP contribution in [0.1, 0.15) is 19.4 Å². The Morgan fingerprint density at radius 1 is 1.47 bits per heavy atom. The Morgan fingerprint density at radius 3 is 2.65 bits per heavy atom. The average Bonchev–Trinajstić information content (AvgIpc) is 2.30. The third-order valence-electron chi connectivity index (χ3n) is 2.20. The first-order valence-corrected chi connectivity index (χ1v) is 6.81. The Kier molecular flexibility index (Phi) is 5.16. The molecule has 3 nitrogen and oxygen atoms in total. The van der Waals surface area contributed by atoms with E-state index in [-0.39, 0.29) is 16.7 Å². The molecule has 1 N–H and O–H groups in total. The van der Waals surface area contributed by atoms with Crippen molar-refractivity contribution in [2.45, 2.75) is 18.7 Å². The van der Waals surface area contributed by atoms with E-state index >= 15 is 0 Å². The lowest BCUT2D eigenvalue weighted by molar-refractivity contribution is -0.116. The van der Waals surface area contributed by atoms with Crippen LogP contribution < -0.4 is 5.32 Å². The monoisotopic (exact) mass is 358 g/mol. The van der Waals surface area contributed by atoms with Gasteiger partial charge < -0.3 is 5.32 Å². The summed E-state index contributed by atoms with van der Waals surface area (Å²) in [6.07, 6.45) is 0. The zero-order chi connectivity index (χ0) is 13.0. The van der Waals surface area contributed by atoms with Gasteiger partial charge in [-0.25, -0.2) is 0 Å². The fourth-order valence-electron chi connectivity index (χ4n) is 1.22. The SMILES string of the molecule is CC(C)C(Br)C(=O)Nc1ccc(Br)cc1C#N. The summed E-state index contributed by atoms with van der Waals surface area (Å²) in [5, 5.41) is 11.7. The number of anilines is 1. The molecule has 0 bridgehead atoms. The van der Waals surface area contributed by atoms with Gasteiger partial charge in [0.15, 0.2) is 0 Å². The molecule has 0 aliphatic carbocycles. The van der Waals surface area contributed by atoms with E-state index in [0.29, 0.717) is 11.3 Å². The van der Waals surface area contributed by atoms with Crippen molar-refractivity contribution in [1.29, 1.82) is 5.26 Å². The van der Waals surface area contributed by atoms with Gasteiger partial charge in [0, 0.05) is 4.47 Å². The number of alkyl halides is 1. The molecule has 0 aromatic heterocycles. The van der Waals surface area contributed by atoms with E-state index in [1.165, 1.54) is 0 Å². The van der Waals surface area contributed by atoms with E-state index in [1.54, 1.807) is 18.2 Å². The maximum absolute atomic E-state index is 11.8. The highest BCUT2D eigenvalue weighted by Gasteiger charge is 2.19. The van der Waals surface area contributed by atoms with Gasteiger partial charge in [-0.2, -0.15) is 5.26 Å². The number of carbonyl (C=O) groups is 1. The van der Waals surface area contributed by atoms with Crippen molar-refractivity contribution < 1.29 is 4.79 Å². The molecule has 0 aliphatic heterocycles. The summed E-state index contributed by atoms with van der Waals surface area (Å²) in [6.45, 7) is 3.90. The number of benzene rings is 1. The summed E-state index contributed by atoms with van der Waals surface area (Å²) in [5.74, 6) is 0.0507. The van der Waals surface area contributed by atoms with Crippen LogP contribution in [0.4, 0.5) is 5.69 Å². The Bertz CT molecular complexity index is 466. The lowest BCUT2D eigenvalue weighted by Crippen LogP contribution is -2.27. The Labute approximate surface area is 117 Å². The lowest BCUT2D eigenvalue weighted by Gasteiger charge is -2.14. The number of halogens is 2. The molecule has 0 radical (unpaired) electrons. The van der Waals surface area contributed by atoms with Crippen LogP contribution >= 0.6 is 31.9 Å². The van der Waals surface area contributed by atoms with Crippen molar-refractivity contribution in [3.05, 3.63) is 28.2 Å². The van der Waals surface area contributed by atoms with Gasteiger partial charge in [-0.05, 0) is 24.1 Å². The first-order chi connectivity index (χ1) is 7.95. The van der Waals surface area contributed by atoms with Crippen molar-refractivity contribution in [2.24, 2.45) is 5.92 Å². The Morgan fingerprint density at radius 2 is 2.12 bits per heavy atom. The fraction of sp³-hybridized carbons (Fsp3) is 0.333. The summed E-state index contributed by atoms with van der Waals surface area (Å²) in [4.78, 5) is 11.6. The van der Waals surface area contributed by atoms with E-state index in [2.05, 4.69) is 37.2 Å². The van der Waals surface area contributed by atoms with Gasteiger partial charge in [-0.3, -0.25) is 4.79 Å². The third kappa shape index (κ3) is 3.83. The second-order valence-electron chi connectivity index (χ2n) is 3.94. The second-order valence-corrected chi connectivity index (χ2v) is 5.84. The maximum Gasteiger partial charge on any atom is 0.238 e. The summed E-state index contributed by atoms with van der Waals surface area (Å²) in [6, 6.07) is 7.22. The molecule has 90 valence electrons. The second kappa shape index (κ2) is 6.18. The number of hydrogen-bond donors (Lipinski definition) is 1. The minimum Gasteiger partial charge on any atom is -0.324 e. The normalized spacial score (nSPS) is 12.0. The molecule has 1 aromatic carbocycles. The van der Waals surface area contributed by atoms with Crippen LogP contribution in [0, 0.1) is 17.2 Å². The molecule has 17 heavy (non-hydrogen) atoms. The predicted molar refractivity (Wildman–Crippen MR) is 75.0 cm³/mol. The minimum atomic E-state index is -0.266. The van der Waals surface area contributed by atoms with Crippen molar-refractivity contribution in [1.82, 2.24) is 0 Å². The average molecular weight is 360 g/mol. The number of amides is 1. The number of rotatable bonds is 3. The molecule has 1 amide bonds. The van der Waals surface area contributed by atoms with Gasteiger partial charge in [-0.15, -0.1) is 0 Å².